The minimum Gasteiger partial charge on any atom is -0.468 e. The van der Waals surface area contributed by atoms with Gasteiger partial charge in [-0.05, 0) is 36.1 Å². The van der Waals surface area contributed by atoms with Gasteiger partial charge in [-0.1, -0.05) is 42.5 Å². The second kappa shape index (κ2) is 10.4. The van der Waals surface area contributed by atoms with Gasteiger partial charge in [0.2, 0.25) is 11.8 Å². The van der Waals surface area contributed by atoms with E-state index >= 15 is 0 Å². The Balaban J connectivity index is 1.61. The smallest absolute Gasteiger partial charge is 0.325 e. The first kappa shape index (κ1) is 22.7. The average molecular weight is 426 g/mol. The Hall–Kier alpha value is -2.93. The molecule has 1 N–H and O–H groups in total. The first-order valence-corrected chi connectivity index (χ1v) is 10.7. The van der Waals surface area contributed by atoms with E-state index in [0.29, 0.717) is 0 Å². The number of piperidine rings is 1. The second-order valence-electron chi connectivity index (χ2n) is 8.01. The predicted molar refractivity (Wildman–Crippen MR) is 119 cm³/mol. The number of nitrogens with one attached hydrogen (secondary N) is 1. The van der Waals surface area contributed by atoms with Crippen LogP contribution < -0.4 is 5.32 Å². The molecular weight excluding hydrogens is 394 g/mol. The summed E-state index contributed by atoms with van der Waals surface area (Å²) >= 11 is 0. The number of amides is 2. The molecule has 1 atom stereocenters. The van der Waals surface area contributed by atoms with Crippen LogP contribution in [0.3, 0.4) is 0 Å². The molecule has 0 bridgehead atoms. The Bertz CT molecular complexity index is 932. The number of methoxy groups -OCH3 is 1. The number of carbonyl (C=O) groups is 3. The lowest BCUT2D eigenvalue weighted by molar-refractivity contribution is -0.142. The van der Waals surface area contributed by atoms with Gasteiger partial charge in [0.15, 0.2) is 0 Å². The van der Waals surface area contributed by atoms with Crippen molar-refractivity contribution in [2.24, 2.45) is 0 Å². The monoisotopic (exact) mass is 425 g/mol. The van der Waals surface area contributed by atoms with Gasteiger partial charge >= 0.3 is 5.97 Å². The molecule has 0 aliphatic carbocycles. The molecule has 1 unspecified atom stereocenters. The van der Waals surface area contributed by atoms with Crippen molar-refractivity contribution in [3.8, 4) is 0 Å². The lowest BCUT2D eigenvalue weighted by Gasteiger charge is -2.40. The van der Waals surface area contributed by atoms with Gasteiger partial charge < -0.3 is 15.0 Å². The maximum atomic E-state index is 12.2. The topological polar surface area (TPSA) is 79.0 Å². The standard InChI is InChI=1S/C24H31N3O4/c1-17(21-10-6-8-19-7-4-5-9-22(19)21)26-13-11-20(12-14-26)27(18(2)28)16-23(29)25-15-24(30)31-3/h4-10,17,20H,11-16H2,1-3H3,(H,25,29). The summed E-state index contributed by atoms with van der Waals surface area (Å²) in [6, 6.07) is 15.1. The first-order valence-electron chi connectivity index (χ1n) is 10.7. The third-order valence-electron chi connectivity index (χ3n) is 6.14. The van der Waals surface area contributed by atoms with E-state index < -0.39 is 5.97 Å². The van der Waals surface area contributed by atoms with Crippen LogP contribution in [0.2, 0.25) is 0 Å². The quantitative estimate of drug-likeness (QED) is 0.690. The highest BCUT2D eigenvalue weighted by atomic mass is 16.5. The lowest BCUT2D eigenvalue weighted by atomic mass is 9.95. The van der Waals surface area contributed by atoms with E-state index in [0.717, 1.165) is 25.9 Å². The molecule has 1 fully saturated rings. The minimum absolute atomic E-state index is 0.0114. The van der Waals surface area contributed by atoms with Gasteiger partial charge in [0.1, 0.15) is 6.54 Å². The van der Waals surface area contributed by atoms with Gasteiger partial charge in [0, 0.05) is 32.1 Å². The number of nitrogens with zero attached hydrogens (tertiary/aromatic N) is 2. The molecule has 1 heterocycles. The van der Waals surface area contributed by atoms with Crippen LogP contribution in [0.1, 0.15) is 38.3 Å². The largest absolute Gasteiger partial charge is 0.468 e. The molecule has 166 valence electrons. The number of benzene rings is 2. The van der Waals surface area contributed by atoms with Crippen molar-refractivity contribution < 1.29 is 19.1 Å². The zero-order valence-electron chi connectivity index (χ0n) is 18.5. The van der Waals surface area contributed by atoms with Gasteiger partial charge in [-0.15, -0.1) is 0 Å². The van der Waals surface area contributed by atoms with Crippen LogP contribution in [-0.4, -0.2) is 66.9 Å². The molecule has 31 heavy (non-hydrogen) atoms. The molecule has 2 aromatic rings. The predicted octanol–water partition coefficient (Wildman–Crippen LogP) is 2.50. The molecule has 3 rings (SSSR count). The molecular formula is C24H31N3O4. The van der Waals surface area contributed by atoms with Crippen molar-refractivity contribution >= 4 is 28.6 Å². The molecule has 1 aliphatic heterocycles. The Labute approximate surface area is 183 Å². The van der Waals surface area contributed by atoms with Gasteiger partial charge in [0.05, 0.1) is 13.7 Å². The van der Waals surface area contributed by atoms with E-state index in [1.165, 1.54) is 30.4 Å². The van der Waals surface area contributed by atoms with Gasteiger partial charge in [-0.3, -0.25) is 19.3 Å². The molecule has 2 amide bonds. The number of likely N-dealkylation sites (tertiary alicyclic amines) is 1. The fourth-order valence-corrected chi connectivity index (χ4v) is 4.35. The summed E-state index contributed by atoms with van der Waals surface area (Å²) in [5.74, 6) is -1.00. The maximum absolute atomic E-state index is 12.2. The van der Waals surface area contributed by atoms with Crippen molar-refractivity contribution in [3.63, 3.8) is 0 Å². The summed E-state index contributed by atoms with van der Waals surface area (Å²) in [6.07, 6.45) is 1.61. The highest BCUT2D eigenvalue weighted by Gasteiger charge is 2.30. The second-order valence-corrected chi connectivity index (χ2v) is 8.01. The number of carbonyl (C=O) groups excluding carboxylic acids is 3. The van der Waals surface area contributed by atoms with Gasteiger partial charge in [0.25, 0.3) is 0 Å². The van der Waals surface area contributed by atoms with E-state index in [4.69, 9.17) is 0 Å². The molecule has 0 aromatic heterocycles. The summed E-state index contributed by atoms with van der Waals surface area (Å²) in [5, 5.41) is 5.01. The van der Waals surface area contributed by atoms with E-state index in [1.54, 1.807) is 4.90 Å². The Morgan fingerprint density at radius 1 is 1.13 bits per heavy atom. The van der Waals surface area contributed by atoms with Crippen molar-refractivity contribution in [1.29, 1.82) is 0 Å². The third-order valence-corrected chi connectivity index (χ3v) is 6.14. The van der Waals surface area contributed by atoms with Gasteiger partial charge in [-0.2, -0.15) is 0 Å². The van der Waals surface area contributed by atoms with E-state index in [1.807, 2.05) is 0 Å². The number of esters is 1. The Morgan fingerprint density at radius 2 is 1.81 bits per heavy atom. The zero-order chi connectivity index (χ0) is 22.4. The fraction of sp³-hybridized carbons (Fsp3) is 0.458. The number of hydrogen-bond acceptors (Lipinski definition) is 5. The Morgan fingerprint density at radius 3 is 2.48 bits per heavy atom. The highest BCUT2D eigenvalue weighted by molar-refractivity contribution is 5.87. The normalized spacial score (nSPS) is 16.0. The van der Waals surface area contributed by atoms with Crippen LogP contribution in [0.5, 0.6) is 0 Å². The fourth-order valence-electron chi connectivity index (χ4n) is 4.35. The summed E-state index contributed by atoms with van der Waals surface area (Å²) in [4.78, 5) is 39.6. The van der Waals surface area contributed by atoms with Crippen molar-refractivity contribution in [1.82, 2.24) is 15.1 Å². The van der Waals surface area contributed by atoms with E-state index in [-0.39, 0.29) is 37.0 Å². The van der Waals surface area contributed by atoms with E-state index in [9.17, 15) is 14.4 Å². The first-order chi connectivity index (χ1) is 14.9. The molecule has 0 saturated carbocycles. The summed E-state index contributed by atoms with van der Waals surface area (Å²) < 4.78 is 4.53. The van der Waals surface area contributed by atoms with Gasteiger partial charge in [-0.25, -0.2) is 0 Å². The van der Waals surface area contributed by atoms with Crippen molar-refractivity contribution in [3.05, 3.63) is 48.0 Å². The van der Waals surface area contributed by atoms with Crippen LogP contribution in [0.25, 0.3) is 10.8 Å². The highest BCUT2D eigenvalue weighted by Crippen LogP contribution is 2.30. The van der Waals surface area contributed by atoms with Crippen LogP contribution in [0, 0.1) is 0 Å². The molecule has 7 heteroatoms. The van der Waals surface area contributed by atoms with Crippen LogP contribution >= 0.6 is 0 Å². The summed E-state index contributed by atoms with van der Waals surface area (Å²) in [5.41, 5.74) is 1.31. The van der Waals surface area contributed by atoms with Crippen LogP contribution in [0.15, 0.2) is 42.5 Å². The third kappa shape index (κ3) is 5.61. The van der Waals surface area contributed by atoms with Crippen molar-refractivity contribution in [2.75, 3.05) is 33.3 Å². The maximum Gasteiger partial charge on any atom is 0.325 e. The number of fused-ring (bicyclic) bond motifs is 1. The van der Waals surface area contributed by atoms with E-state index in [2.05, 4.69) is 64.3 Å². The van der Waals surface area contributed by atoms with Crippen LogP contribution in [-0.2, 0) is 19.1 Å². The average Bonchev–Trinajstić information content (AvgIpc) is 2.80. The Kier molecular flexibility index (Phi) is 7.63. The molecule has 0 spiro atoms. The molecule has 1 aliphatic rings. The molecule has 2 aromatic carbocycles. The molecule has 0 radical (unpaired) electrons. The lowest BCUT2D eigenvalue weighted by Crippen LogP contribution is -2.50. The molecule has 7 nitrogen and oxygen atoms in total. The van der Waals surface area contributed by atoms with Crippen molar-refractivity contribution in [2.45, 2.75) is 38.8 Å². The minimum atomic E-state index is -0.515. The number of ether oxygens (including phenoxy) is 1. The number of hydrogen-bond donors (Lipinski definition) is 1. The number of rotatable bonds is 7. The SMILES string of the molecule is COC(=O)CNC(=O)CN(C(C)=O)C1CCN(C(C)c2cccc3ccccc23)CC1. The zero-order valence-corrected chi connectivity index (χ0v) is 18.5. The summed E-state index contributed by atoms with van der Waals surface area (Å²) in [6.45, 7) is 5.17. The van der Waals surface area contributed by atoms with Crippen LogP contribution in [0.4, 0.5) is 0 Å². The summed E-state index contributed by atoms with van der Waals surface area (Å²) in [7, 11) is 1.27. The molecule has 1 saturated heterocycles.